The van der Waals surface area contributed by atoms with Crippen molar-refractivity contribution in [3.8, 4) is 0 Å². The fraction of sp³-hybridized carbons (Fsp3) is 0.267. The van der Waals surface area contributed by atoms with E-state index >= 15 is 0 Å². The molecule has 0 saturated heterocycles. The smallest absolute Gasteiger partial charge is 0.129 e. The maximum atomic E-state index is 9.14. The Morgan fingerprint density at radius 2 is 2.00 bits per heavy atom. The molecule has 0 aliphatic carbocycles. The molecular weight excluding hydrogens is 260 g/mol. The highest BCUT2D eigenvalue weighted by Gasteiger charge is 2.13. The zero-order valence-corrected chi connectivity index (χ0v) is 11.8. The van der Waals surface area contributed by atoms with Crippen molar-refractivity contribution in [1.82, 2.24) is 4.98 Å². The van der Waals surface area contributed by atoms with E-state index in [1.807, 2.05) is 43.4 Å². The molecule has 0 spiro atoms. The van der Waals surface area contributed by atoms with E-state index in [9.17, 15) is 0 Å². The van der Waals surface area contributed by atoms with E-state index in [1.165, 1.54) is 0 Å². The lowest BCUT2D eigenvalue weighted by Crippen LogP contribution is -2.22. The number of benzene rings is 1. The average Bonchev–Trinajstić information content (AvgIpc) is 2.45. The Morgan fingerprint density at radius 3 is 2.68 bits per heavy atom. The van der Waals surface area contributed by atoms with Gasteiger partial charge in [0.25, 0.3) is 0 Å². The summed E-state index contributed by atoms with van der Waals surface area (Å²) in [5.74, 6) is 0.832. The molecule has 1 unspecified atom stereocenters. The van der Waals surface area contributed by atoms with Crippen LogP contribution in [-0.4, -0.2) is 17.1 Å². The Bertz CT molecular complexity index is 559. The van der Waals surface area contributed by atoms with Gasteiger partial charge >= 0.3 is 0 Å². The Labute approximate surface area is 118 Å². The Morgan fingerprint density at radius 1 is 1.26 bits per heavy atom. The summed E-state index contributed by atoms with van der Waals surface area (Å²) in [4.78, 5) is 6.46. The van der Waals surface area contributed by atoms with Gasteiger partial charge in [0, 0.05) is 12.1 Å². The van der Waals surface area contributed by atoms with Crippen LogP contribution in [0.15, 0.2) is 42.5 Å². The standard InChI is InChI=1S/C15H17ClN2O/c1-11(12-5-3-6-13(16)9-12)18(2)15-8-4-7-14(10-19)17-15/h3-9,11,19H,10H2,1-2H3. The minimum Gasteiger partial charge on any atom is -0.390 e. The van der Waals surface area contributed by atoms with E-state index in [0.717, 1.165) is 16.4 Å². The summed E-state index contributed by atoms with van der Waals surface area (Å²) in [5, 5.41) is 9.87. The van der Waals surface area contributed by atoms with E-state index in [2.05, 4.69) is 16.8 Å². The van der Waals surface area contributed by atoms with Crippen LogP contribution in [0, 0.1) is 0 Å². The number of hydrogen-bond donors (Lipinski definition) is 1. The van der Waals surface area contributed by atoms with Gasteiger partial charge in [0.2, 0.25) is 0 Å². The fourth-order valence-electron chi connectivity index (χ4n) is 1.94. The van der Waals surface area contributed by atoms with Crippen LogP contribution in [0.2, 0.25) is 5.02 Å². The average molecular weight is 277 g/mol. The van der Waals surface area contributed by atoms with Crippen LogP contribution in [0.3, 0.4) is 0 Å². The molecule has 0 fully saturated rings. The molecule has 1 N–H and O–H groups in total. The van der Waals surface area contributed by atoms with E-state index in [0.29, 0.717) is 5.69 Å². The van der Waals surface area contributed by atoms with Gasteiger partial charge in [-0.1, -0.05) is 29.8 Å². The maximum absolute atomic E-state index is 9.14. The predicted molar refractivity (Wildman–Crippen MR) is 78.4 cm³/mol. The van der Waals surface area contributed by atoms with Gasteiger partial charge in [-0.15, -0.1) is 0 Å². The van der Waals surface area contributed by atoms with E-state index in [-0.39, 0.29) is 12.6 Å². The first-order valence-corrected chi connectivity index (χ1v) is 6.54. The van der Waals surface area contributed by atoms with E-state index in [4.69, 9.17) is 16.7 Å². The Balaban J connectivity index is 2.25. The number of hydrogen-bond acceptors (Lipinski definition) is 3. The molecule has 0 aliphatic rings. The predicted octanol–water partition coefficient (Wildman–Crippen LogP) is 3.42. The highest BCUT2D eigenvalue weighted by molar-refractivity contribution is 6.30. The molecule has 0 aliphatic heterocycles. The highest BCUT2D eigenvalue weighted by Crippen LogP contribution is 2.25. The lowest BCUT2D eigenvalue weighted by Gasteiger charge is -2.26. The molecule has 3 nitrogen and oxygen atoms in total. The summed E-state index contributed by atoms with van der Waals surface area (Å²) in [7, 11) is 1.98. The number of aromatic nitrogens is 1. The van der Waals surface area contributed by atoms with Gasteiger partial charge in [-0.2, -0.15) is 0 Å². The molecule has 1 atom stereocenters. The largest absolute Gasteiger partial charge is 0.390 e. The second-order valence-electron chi connectivity index (χ2n) is 4.49. The molecule has 1 heterocycles. The summed E-state index contributed by atoms with van der Waals surface area (Å²) >= 11 is 6.02. The van der Waals surface area contributed by atoms with Gasteiger partial charge < -0.3 is 10.0 Å². The van der Waals surface area contributed by atoms with Gasteiger partial charge in [0.15, 0.2) is 0 Å². The third-order valence-electron chi connectivity index (χ3n) is 3.23. The SMILES string of the molecule is CC(c1cccc(Cl)c1)N(C)c1cccc(CO)n1. The van der Waals surface area contributed by atoms with Gasteiger partial charge in [-0.05, 0) is 36.8 Å². The highest BCUT2D eigenvalue weighted by atomic mass is 35.5. The minimum absolute atomic E-state index is 0.0484. The van der Waals surface area contributed by atoms with Crippen molar-refractivity contribution in [2.24, 2.45) is 0 Å². The van der Waals surface area contributed by atoms with Crippen molar-refractivity contribution in [3.05, 3.63) is 58.7 Å². The Kier molecular flexibility index (Phi) is 4.40. The van der Waals surface area contributed by atoms with Crippen molar-refractivity contribution in [2.45, 2.75) is 19.6 Å². The lowest BCUT2D eigenvalue weighted by atomic mass is 10.1. The van der Waals surface area contributed by atoms with Gasteiger partial charge in [-0.25, -0.2) is 4.98 Å². The lowest BCUT2D eigenvalue weighted by molar-refractivity contribution is 0.277. The zero-order chi connectivity index (χ0) is 13.8. The topological polar surface area (TPSA) is 36.4 Å². The molecular formula is C15H17ClN2O. The van der Waals surface area contributed by atoms with Gasteiger partial charge in [0.05, 0.1) is 18.3 Å². The summed E-state index contributed by atoms with van der Waals surface area (Å²) < 4.78 is 0. The molecule has 19 heavy (non-hydrogen) atoms. The summed E-state index contributed by atoms with van der Waals surface area (Å²) in [5.41, 5.74) is 1.80. The van der Waals surface area contributed by atoms with Crippen LogP contribution >= 0.6 is 11.6 Å². The van der Waals surface area contributed by atoms with Crippen LogP contribution in [0.25, 0.3) is 0 Å². The monoisotopic (exact) mass is 276 g/mol. The van der Waals surface area contributed by atoms with Gasteiger partial charge in [-0.3, -0.25) is 0 Å². The van der Waals surface area contributed by atoms with Crippen LogP contribution in [0.4, 0.5) is 5.82 Å². The number of pyridine rings is 1. The summed E-state index contributed by atoms with van der Waals surface area (Å²) in [6.45, 7) is 2.05. The third-order valence-corrected chi connectivity index (χ3v) is 3.46. The van der Waals surface area contributed by atoms with Gasteiger partial charge in [0.1, 0.15) is 5.82 Å². The molecule has 4 heteroatoms. The quantitative estimate of drug-likeness (QED) is 0.929. The first-order valence-electron chi connectivity index (χ1n) is 6.17. The van der Waals surface area contributed by atoms with Crippen LogP contribution in [0.5, 0.6) is 0 Å². The number of aliphatic hydroxyl groups is 1. The molecule has 2 rings (SSSR count). The second kappa shape index (κ2) is 6.04. The minimum atomic E-state index is -0.0484. The van der Waals surface area contributed by atoms with Crippen LogP contribution in [-0.2, 0) is 6.61 Å². The number of aliphatic hydroxyl groups excluding tert-OH is 1. The van der Waals surface area contributed by atoms with Crippen LogP contribution < -0.4 is 4.90 Å². The number of nitrogens with zero attached hydrogens (tertiary/aromatic N) is 2. The van der Waals surface area contributed by atoms with E-state index in [1.54, 1.807) is 6.07 Å². The molecule has 100 valence electrons. The molecule has 2 aromatic rings. The zero-order valence-electron chi connectivity index (χ0n) is 11.0. The maximum Gasteiger partial charge on any atom is 0.129 e. The molecule has 1 aromatic heterocycles. The normalized spacial score (nSPS) is 12.2. The Hall–Kier alpha value is -1.58. The molecule has 0 radical (unpaired) electrons. The van der Waals surface area contributed by atoms with Crippen molar-refractivity contribution in [2.75, 3.05) is 11.9 Å². The molecule has 0 amide bonds. The first kappa shape index (κ1) is 13.8. The third kappa shape index (κ3) is 3.25. The first-order chi connectivity index (χ1) is 9.11. The van der Waals surface area contributed by atoms with Crippen molar-refractivity contribution in [3.63, 3.8) is 0 Å². The number of halogens is 1. The molecule has 0 saturated carbocycles. The molecule has 0 bridgehead atoms. The number of rotatable bonds is 4. The fourth-order valence-corrected chi connectivity index (χ4v) is 2.14. The van der Waals surface area contributed by atoms with E-state index < -0.39 is 0 Å². The molecule has 1 aromatic carbocycles. The second-order valence-corrected chi connectivity index (χ2v) is 4.92. The number of anilines is 1. The van der Waals surface area contributed by atoms with Crippen molar-refractivity contribution < 1.29 is 5.11 Å². The van der Waals surface area contributed by atoms with Crippen molar-refractivity contribution in [1.29, 1.82) is 0 Å². The summed E-state index contributed by atoms with van der Waals surface area (Å²) in [6, 6.07) is 13.6. The van der Waals surface area contributed by atoms with Crippen molar-refractivity contribution >= 4 is 17.4 Å². The van der Waals surface area contributed by atoms with Crippen LogP contribution in [0.1, 0.15) is 24.2 Å². The summed E-state index contributed by atoms with van der Waals surface area (Å²) in [6.07, 6.45) is 0.